The summed E-state index contributed by atoms with van der Waals surface area (Å²) in [5, 5.41) is 0.527. The Labute approximate surface area is 382 Å². The van der Waals surface area contributed by atoms with Gasteiger partial charge in [0.1, 0.15) is 34.6 Å². The quantitative estimate of drug-likeness (QED) is 0.125. The summed E-state index contributed by atoms with van der Waals surface area (Å²) in [7, 11) is 0. The van der Waals surface area contributed by atoms with Gasteiger partial charge in [-0.3, -0.25) is 28.4 Å². The van der Waals surface area contributed by atoms with Crippen molar-refractivity contribution in [2.24, 2.45) is 0 Å². The number of hydrogen-bond donors (Lipinski definition) is 0. The molecule has 326 valence electrons. The number of imidazole rings is 2. The summed E-state index contributed by atoms with van der Waals surface area (Å²) in [6.07, 6.45) is 17.2. The number of fused-ring (bicyclic) bond motifs is 2. The molecular formula is C52H47ClN8O4. The fraction of sp³-hybridized carbons (Fsp3) is 0.192. The second-order valence-corrected chi connectivity index (χ2v) is 16.4. The van der Waals surface area contributed by atoms with E-state index in [1.165, 1.54) is 17.7 Å². The lowest BCUT2D eigenvalue weighted by molar-refractivity contribution is -0.127. The van der Waals surface area contributed by atoms with Crippen molar-refractivity contribution >= 4 is 34.4 Å². The minimum absolute atomic E-state index is 0.0576. The molecule has 2 aliphatic rings. The molecule has 6 heterocycles. The molecule has 2 amide bonds. The SMILES string of the molecule is C=CC(=O)N1CCC[C@H]1c1nc(-c2ccc(Oc3cccc(C)c3C)cc2)c2cnccn12.C=CC(=O)N1CCC[C@H]1c1nc(-c2ccc(Oc3ccccc3)cc2Cl)c2cnccn12. The first-order chi connectivity index (χ1) is 31.7. The highest BCUT2D eigenvalue weighted by Gasteiger charge is 2.34. The lowest BCUT2D eigenvalue weighted by atomic mass is 10.1. The van der Waals surface area contributed by atoms with Crippen molar-refractivity contribution in [1.29, 1.82) is 0 Å². The summed E-state index contributed by atoms with van der Waals surface area (Å²) in [6.45, 7) is 12.8. The van der Waals surface area contributed by atoms with E-state index in [9.17, 15) is 9.59 Å². The minimum Gasteiger partial charge on any atom is -0.457 e. The Balaban J connectivity index is 0.000000164. The van der Waals surface area contributed by atoms with Gasteiger partial charge in [-0.25, -0.2) is 9.97 Å². The van der Waals surface area contributed by atoms with Crippen LogP contribution in [0.5, 0.6) is 23.0 Å². The molecule has 2 aliphatic heterocycles. The molecule has 0 spiro atoms. The molecule has 2 fully saturated rings. The lowest BCUT2D eigenvalue weighted by Gasteiger charge is -2.22. The Bertz CT molecular complexity index is 3060. The average molecular weight is 883 g/mol. The first kappa shape index (κ1) is 42.7. The maximum Gasteiger partial charge on any atom is 0.246 e. The van der Waals surface area contributed by atoms with Crippen LogP contribution in [0.3, 0.4) is 0 Å². The predicted octanol–water partition coefficient (Wildman–Crippen LogP) is 11.3. The minimum atomic E-state index is -0.122. The van der Waals surface area contributed by atoms with Crippen molar-refractivity contribution < 1.29 is 19.1 Å². The number of likely N-dealkylation sites (tertiary alicyclic amines) is 2. The van der Waals surface area contributed by atoms with Crippen molar-refractivity contribution in [2.75, 3.05) is 13.1 Å². The highest BCUT2D eigenvalue weighted by atomic mass is 35.5. The highest BCUT2D eigenvalue weighted by Crippen LogP contribution is 2.39. The van der Waals surface area contributed by atoms with Crippen molar-refractivity contribution in [1.82, 2.24) is 38.5 Å². The molecule has 12 nitrogen and oxygen atoms in total. The van der Waals surface area contributed by atoms with Crippen molar-refractivity contribution in [3.63, 3.8) is 0 Å². The predicted molar refractivity (Wildman–Crippen MR) is 252 cm³/mol. The zero-order chi connectivity index (χ0) is 45.0. The number of rotatable bonds is 10. The molecule has 4 aromatic heterocycles. The van der Waals surface area contributed by atoms with Crippen LogP contribution in [0.1, 0.15) is 60.5 Å². The van der Waals surface area contributed by atoms with E-state index in [0.29, 0.717) is 17.3 Å². The summed E-state index contributed by atoms with van der Waals surface area (Å²) >= 11 is 6.67. The molecule has 0 radical (unpaired) electrons. The van der Waals surface area contributed by atoms with E-state index < -0.39 is 0 Å². The van der Waals surface area contributed by atoms with Gasteiger partial charge in [-0.15, -0.1) is 0 Å². The second kappa shape index (κ2) is 18.6. The maximum absolute atomic E-state index is 12.4. The van der Waals surface area contributed by atoms with Gasteiger partial charge in [-0.2, -0.15) is 0 Å². The molecule has 0 bridgehead atoms. The summed E-state index contributed by atoms with van der Waals surface area (Å²) in [5.41, 5.74) is 7.39. The van der Waals surface area contributed by atoms with E-state index in [1.54, 1.807) is 24.7 Å². The van der Waals surface area contributed by atoms with Gasteiger partial charge in [0.15, 0.2) is 0 Å². The van der Waals surface area contributed by atoms with Crippen LogP contribution >= 0.6 is 11.6 Å². The van der Waals surface area contributed by atoms with Crippen LogP contribution in [-0.2, 0) is 9.59 Å². The highest BCUT2D eigenvalue weighted by molar-refractivity contribution is 6.33. The second-order valence-electron chi connectivity index (χ2n) is 16.0. The zero-order valence-corrected chi connectivity index (χ0v) is 36.9. The van der Waals surface area contributed by atoms with Crippen LogP contribution in [0.15, 0.2) is 153 Å². The number of halogens is 1. The number of carbonyl (C=O) groups excluding carboxylic acids is 2. The van der Waals surface area contributed by atoms with Gasteiger partial charge in [0.2, 0.25) is 11.8 Å². The summed E-state index contributed by atoms with van der Waals surface area (Å²) in [6, 6.07) is 28.9. The number of amides is 2. The van der Waals surface area contributed by atoms with Crippen LogP contribution in [-0.4, -0.2) is 63.4 Å². The van der Waals surface area contributed by atoms with Crippen LogP contribution in [0.4, 0.5) is 0 Å². The van der Waals surface area contributed by atoms with Gasteiger partial charge in [-0.1, -0.05) is 55.1 Å². The summed E-state index contributed by atoms with van der Waals surface area (Å²) in [5.74, 6) is 4.52. The van der Waals surface area contributed by atoms with Gasteiger partial charge in [0.25, 0.3) is 0 Å². The van der Waals surface area contributed by atoms with Crippen LogP contribution in [0, 0.1) is 13.8 Å². The average Bonchev–Trinajstić information content (AvgIpc) is 4.17. The standard InChI is InChI=1S/C27H26N4O2.C25H21ClN4O2/c1-4-25(32)30-15-6-8-22(30)27-29-26(23-17-28-14-16-31(23)27)20-10-12-21(13-11-20)33-24-9-5-7-18(2)19(24)3;1-2-23(31)29-13-6-9-21(29)25-28-24(22-16-27-12-14-30(22)25)19-11-10-18(15-20(19)26)32-17-7-4-3-5-8-17/h4-5,7,9-14,16-17,22H,1,6,8,15H2,2-3H3;2-5,7-8,10-12,14-16,21H,1,6,9,13H2/t22-;21-/m00/s1. The van der Waals surface area contributed by atoms with Gasteiger partial charge in [-0.05, 0) is 117 Å². The maximum atomic E-state index is 12.4. The Morgan fingerprint density at radius 3 is 1.85 bits per heavy atom. The van der Waals surface area contributed by atoms with Gasteiger partial charge in [0, 0.05) is 55.1 Å². The largest absolute Gasteiger partial charge is 0.457 e. The molecule has 10 rings (SSSR count). The van der Waals surface area contributed by atoms with Crippen LogP contribution in [0.25, 0.3) is 33.5 Å². The van der Waals surface area contributed by atoms with Gasteiger partial charge in [0.05, 0.1) is 51.9 Å². The Morgan fingerprint density at radius 1 is 0.677 bits per heavy atom. The summed E-state index contributed by atoms with van der Waals surface area (Å²) < 4.78 is 16.1. The number of para-hydroxylation sites is 1. The third-order valence-electron chi connectivity index (χ3n) is 12.1. The number of hydrogen-bond acceptors (Lipinski definition) is 8. The third kappa shape index (κ3) is 8.60. The Kier molecular flexibility index (Phi) is 12.3. The summed E-state index contributed by atoms with van der Waals surface area (Å²) in [4.78, 5) is 47.0. The normalized spacial score (nSPS) is 15.7. The number of nitrogens with zero attached hydrogens (tertiary/aromatic N) is 8. The van der Waals surface area contributed by atoms with E-state index in [1.807, 2.05) is 116 Å². The molecule has 2 atom stereocenters. The van der Waals surface area contributed by atoms with E-state index in [4.69, 9.17) is 31.0 Å². The first-order valence-electron chi connectivity index (χ1n) is 21.6. The van der Waals surface area contributed by atoms with Crippen molar-refractivity contribution in [3.8, 4) is 45.5 Å². The smallest absolute Gasteiger partial charge is 0.246 e. The van der Waals surface area contributed by atoms with Gasteiger partial charge < -0.3 is 19.3 Å². The zero-order valence-electron chi connectivity index (χ0n) is 36.2. The number of aromatic nitrogens is 6. The molecule has 2 saturated heterocycles. The molecule has 0 aliphatic carbocycles. The molecule has 4 aromatic carbocycles. The monoisotopic (exact) mass is 882 g/mol. The number of ether oxygens (including phenoxy) is 2. The third-order valence-corrected chi connectivity index (χ3v) is 12.4. The van der Waals surface area contributed by atoms with E-state index in [-0.39, 0.29) is 23.9 Å². The molecule has 13 heteroatoms. The van der Waals surface area contributed by atoms with Gasteiger partial charge >= 0.3 is 0 Å². The topological polar surface area (TPSA) is 119 Å². The van der Waals surface area contributed by atoms with E-state index in [0.717, 1.165) is 100 Å². The number of aryl methyl sites for hydroxylation is 1. The fourth-order valence-electron chi connectivity index (χ4n) is 8.66. The molecule has 0 saturated carbocycles. The number of carbonyl (C=O) groups is 2. The molecule has 0 N–H and O–H groups in total. The Morgan fingerprint density at radius 2 is 1.25 bits per heavy atom. The molecule has 65 heavy (non-hydrogen) atoms. The van der Waals surface area contributed by atoms with Crippen molar-refractivity contribution in [3.05, 3.63) is 181 Å². The fourth-order valence-corrected chi connectivity index (χ4v) is 8.92. The molecular weight excluding hydrogens is 836 g/mol. The molecule has 8 aromatic rings. The van der Waals surface area contributed by atoms with E-state index >= 15 is 0 Å². The van der Waals surface area contributed by atoms with Crippen LogP contribution < -0.4 is 9.47 Å². The van der Waals surface area contributed by atoms with E-state index in [2.05, 4.69) is 43.0 Å². The number of benzene rings is 4. The first-order valence-corrected chi connectivity index (χ1v) is 22.0. The molecule has 0 unspecified atom stereocenters. The lowest BCUT2D eigenvalue weighted by Crippen LogP contribution is -2.29. The Hall–Kier alpha value is -7.57. The van der Waals surface area contributed by atoms with Crippen molar-refractivity contribution in [2.45, 2.75) is 51.6 Å². The van der Waals surface area contributed by atoms with Crippen LogP contribution in [0.2, 0.25) is 5.02 Å².